The van der Waals surface area contributed by atoms with Crippen LogP contribution in [0.25, 0.3) is 0 Å². The number of aromatic amines is 1. The van der Waals surface area contributed by atoms with Crippen molar-refractivity contribution in [3.05, 3.63) is 47.3 Å². The van der Waals surface area contributed by atoms with Crippen LogP contribution in [0.5, 0.6) is 0 Å². The molecule has 1 heterocycles. The molecule has 0 fully saturated rings. The number of aryl methyl sites for hydroxylation is 1. The van der Waals surface area contributed by atoms with Crippen LogP contribution in [0.1, 0.15) is 26.3 Å². The minimum atomic E-state index is -0.446. The SMILES string of the molecule is COC(=O)c1ccc(C)c(NC(=O)c2cn[nH]c2)c1. The summed E-state index contributed by atoms with van der Waals surface area (Å²) < 4.78 is 4.64. The quantitative estimate of drug-likeness (QED) is 0.822. The smallest absolute Gasteiger partial charge is 0.337 e. The highest BCUT2D eigenvalue weighted by Gasteiger charge is 2.12. The first-order valence-electron chi connectivity index (χ1n) is 5.61. The van der Waals surface area contributed by atoms with Crippen molar-refractivity contribution in [2.75, 3.05) is 12.4 Å². The molecule has 0 unspecified atom stereocenters. The minimum absolute atomic E-state index is 0.293. The number of nitrogens with one attached hydrogen (secondary N) is 2. The van der Waals surface area contributed by atoms with Crippen LogP contribution in [0.15, 0.2) is 30.6 Å². The molecule has 0 aliphatic rings. The molecule has 2 aromatic rings. The number of nitrogens with zero attached hydrogens (tertiary/aromatic N) is 1. The standard InChI is InChI=1S/C13H13N3O3/c1-8-3-4-9(13(18)19-2)5-11(8)16-12(17)10-6-14-15-7-10/h3-7H,1-2H3,(H,14,15)(H,16,17). The van der Waals surface area contributed by atoms with Gasteiger partial charge in [0.05, 0.1) is 24.4 Å². The van der Waals surface area contributed by atoms with E-state index < -0.39 is 5.97 Å². The van der Waals surface area contributed by atoms with Crippen molar-refractivity contribution >= 4 is 17.6 Å². The summed E-state index contributed by atoms with van der Waals surface area (Å²) in [6, 6.07) is 4.98. The second-order valence-electron chi connectivity index (χ2n) is 3.96. The zero-order valence-electron chi connectivity index (χ0n) is 10.6. The maximum atomic E-state index is 11.9. The molecule has 2 rings (SSSR count). The summed E-state index contributed by atoms with van der Waals surface area (Å²) in [7, 11) is 1.31. The van der Waals surface area contributed by atoms with Gasteiger partial charge in [0.1, 0.15) is 0 Å². The lowest BCUT2D eigenvalue weighted by Crippen LogP contribution is -2.13. The van der Waals surface area contributed by atoms with Crippen molar-refractivity contribution in [1.29, 1.82) is 0 Å². The predicted octanol–water partition coefficient (Wildman–Crippen LogP) is 1.76. The summed E-state index contributed by atoms with van der Waals surface area (Å²) in [5.41, 5.74) is 2.22. The number of aromatic nitrogens is 2. The molecule has 0 radical (unpaired) electrons. The predicted molar refractivity (Wildman–Crippen MR) is 69.1 cm³/mol. The molecule has 0 atom stereocenters. The van der Waals surface area contributed by atoms with E-state index >= 15 is 0 Å². The highest BCUT2D eigenvalue weighted by Crippen LogP contribution is 2.18. The molecule has 1 aromatic carbocycles. The van der Waals surface area contributed by atoms with Crippen molar-refractivity contribution in [2.24, 2.45) is 0 Å². The van der Waals surface area contributed by atoms with E-state index in [9.17, 15) is 9.59 Å². The van der Waals surface area contributed by atoms with Gasteiger partial charge in [-0.05, 0) is 24.6 Å². The molecule has 0 aliphatic carbocycles. The average Bonchev–Trinajstić information content (AvgIpc) is 2.94. The summed E-state index contributed by atoms with van der Waals surface area (Å²) in [4.78, 5) is 23.3. The number of methoxy groups -OCH3 is 1. The van der Waals surface area contributed by atoms with E-state index in [-0.39, 0.29) is 5.91 Å². The van der Waals surface area contributed by atoms with Crippen LogP contribution in [-0.2, 0) is 4.74 Å². The maximum absolute atomic E-state index is 11.9. The molecule has 98 valence electrons. The van der Waals surface area contributed by atoms with Crippen LogP contribution < -0.4 is 5.32 Å². The van der Waals surface area contributed by atoms with Crippen LogP contribution in [0.3, 0.4) is 0 Å². The minimum Gasteiger partial charge on any atom is -0.465 e. The van der Waals surface area contributed by atoms with Gasteiger partial charge < -0.3 is 10.1 Å². The Bertz CT molecular complexity index is 606. The highest BCUT2D eigenvalue weighted by molar-refractivity contribution is 6.05. The second kappa shape index (κ2) is 5.34. The molecule has 0 bridgehead atoms. The third kappa shape index (κ3) is 2.79. The number of carbonyl (C=O) groups excluding carboxylic acids is 2. The molecular weight excluding hydrogens is 246 g/mol. The summed E-state index contributed by atoms with van der Waals surface area (Å²) in [5.74, 6) is -0.738. The first-order chi connectivity index (χ1) is 9.11. The fourth-order valence-corrected chi connectivity index (χ4v) is 1.57. The van der Waals surface area contributed by atoms with Crippen LogP contribution in [-0.4, -0.2) is 29.2 Å². The number of esters is 1. The maximum Gasteiger partial charge on any atom is 0.337 e. The molecule has 0 aliphatic heterocycles. The Morgan fingerprint density at radius 3 is 2.74 bits per heavy atom. The molecule has 6 nitrogen and oxygen atoms in total. The number of hydrogen-bond donors (Lipinski definition) is 2. The van der Waals surface area contributed by atoms with Crippen molar-refractivity contribution in [2.45, 2.75) is 6.92 Å². The first-order valence-corrected chi connectivity index (χ1v) is 5.61. The number of anilines is 1. The van der Waals surface area contributed by atoms with E-state index in [4.69, 9.17) is 0 Å². The van der Waals surface area contributed by atoms with Gasteiger partial charge in [0.25, 0.3) is 5.91 Å². The van der Waals surface area contributed by atoms with Gasteiger partial charge >= 0.3 is 5.97 Å². The third-order valence-corrected chi connectivity index (χ3v) is 2.67. The Hall–Kier alpha value is -2.63. The molecular formula is C13H13N3O3. The lowest BCUT2D eigenvalue weighted by molar-refractivity contribution is 0.0600. The summed E-state index contributed by atoms with van der Waals surface area (Å²) >= 11 is 0. The third-order valence-electron chi connectivity index (χ3n) is 2.67. The van der Waals surface area contributed by atoms with Crippen LogP contribution >= 0.6 is 0 Å². The van der Waals surface area contributed by atoms with Crippen molar-refractivity contribution in [1.82, 2.24) is 10.2 Å². The monoisotopic (exact) mass is 259 g/mol. The van der Waals surface area contributed by atoms with Crippen molar-refractivity contribution in [3.63, 3.8) is 0 Å². The molecule has 0 spiro atoms. The molecule has 2 N–H and O–H groups in total. The van der Waals surface area contributed by atoms with Crippen LogP contribution in [0, 0.1) is 6.92 Å². The Balaban J connectivity index is 2.24. The molecule has 0 saturated heterocycles. The van der Waals surface area contributed by atoms with Gasteiger partial charge in [0.2, 0.25) is 0 Å². The Labute approximate surface area is 109 Å². The van der Waals surface area contributed by atoms with Crippen LogP contribution in [0.4, 0.5) is 5.69 Å². The Morgan fingerprint density at radius 1 is 1.32 bits per heavy atom. The molecule has 0 saturated carbocycles. The number of carbonyl (C=O) groups is 2. The molecule has 6 heteroatoms. The number of H-pyrrole nitrogens is 1. The molecule has 1 aromatic heterocycles. The van der Waals surface area contributed by atoms with Crippen LogP contribution in [0.2, 0.25) is 0 Å². The molecule has 1 amide bonds. The Morgan fingerprint density at radius 2 is 2.11 bits per heavy atom. The fourth-order valence-electron chi connectivity index (χ4n) is 1.57. The van der Waals surface area contributed by atoms with Gasteiger partial charge in [-0.1, -0.05) is 6.07 Å². The van der Waals surface area contributed by atoms with E-state index in [1.165, 1.54) is 19.5 Å². The van der Waals surface area contributed by atoms with Crippen molar-refractivity contribution in [3.8, 4) is 0 Å². The van der Waals surface area contributed by atoms with E-state index in [1.54, 1.807) is 18.2 Å². The zero-order valence-corrected chi connectivity index (χ0v) is 10.6. The summed E-state index contributed by atoms with van der Waals surface area (Å²) in [6.45, 7) is 1.84. The van der Waals surface area contributed by atoms with E-state index in [0.29, 0.717) is 16.8 Å². The second-order valence-corrected chi connectivity index (χ2v) is 3.96. The number of rotatable bonds is 3. The topological polar surface area (TPSA) is 84.1 Å². The average molecular weight is 259 g/mol. The number of ether oxygens (including phenoxy) is 1. The largest absolute Gasteiger partial charge is 0.465 e. The van der Waals surface area contributed by atoms with E-state index in [2.05, 4.69) is 20.3 Å². The molecule has 19 heavy (non-hydrogen) atoms. The first kappa shape index (κ1) is 12.8. The lowest BCUT2D eigenvalue weighted by Gasteiger charge is -2.09. The number of hydrogen-bond acceptors (Lipinski definition) is 4. The van der Waals surface area contributed by atoms with Gasteiger partial charge in [-0.25, -0.2) is 4.79 Å². The van der Waals surface area contributed by atoms with Gasteiger partial charge in [-0.2, -0.15) is 5.10 Å². The Kier molecular flexibility index (Phi) is 3.61. The van der Waals surface area contributed by atoms with E-state index in [1.807, 2.05) is 6.92 Å². The highest BCUT2D eigenvalue weighted by atomic mass is 16.5. The lowest BCUT2D eigenvalue weighted by atomic mass is 10.1. The van der Waals surface area contributed by atoms with Gasteiger partial charge in [-0.3, -0.25) is 9.89 Å². The van der Waals surface area contributed by atoms with E-state index in [0.717, 1.165) is 5.56 Å². The number of benzene rings is 1. The van der Waals surface area contributed by atoms with Gasteiger partial charge in [0.15, 0.2) is 0 Å². The summed E-state index contributed by atoms with van der Waals surface area (Å²) in [6.07, 6.45) is 2.92. The van der Waals surface area contributed by atoms with Gasteiger partial charge in [0, 0.05) is 11.9 Å². The summed E-state index contributed by atoms with van der Waals surface area (Å²) in [5, 5.41) is 9.00. The number of amides is 1. The fraction of sp³-hybridized carbons (Fsp3) is 0.154. The van der Waals surface area contributed by atoms with Gasteiger partial charge in [-0.15, -0.1) is 0 Å². The zero-order chi connectivity index (χ0) is 13.8. The normalized spacial score (nSPS) is 10.0. The van der Waals surface area contributed by atoms with Crippen molar-refractivity contribution < 1.29 is 14.3 Å².